The summed E-state index contributed by atoms with van der Waals surface area (Å²) in [5.41, 5.74) is -2.12. The SMILES string of the molecule is O=C(NC1(C(=O)O)CCOC1)c1cccc(F)c1F. The first kappa shape index (κ1) is 13.4. The van der Waals surface area contributed by atoms with E-state index in [4.69, 9.17) is 9.84 Å². The van der Waals surface area contributed by atoms with E-state index in [9.17, 15) is 18.4 Å². The lowest BCUT2D eigenvalue weighted by Gasteiger charge is -2.23. The molecule has 0 aliphatic carbocycles. The zero-order chi connectivity index (χ0) is 14.0. The number of carboxylic acids is 1. The van der Waals surface area contributed by atoms with Crippen LogP contribution in [0.4, 0.5) is 8.78 Å². The molecule has 1 aromatic carbocycles. The van der Waals surface area contributed by atoms with Crippen LogP contribution in [0.1, 0.15) is 16.8 Å². The highest BCUT2D eigenvalue weighted by atomic mass is 19.2. The summed E-state index contributed by atoms with van der Waals surface area (Å²) >= 11 is 0. The Hall–Kier alpha value is -2.02. The van der Waals surface area contributed by atoms with Crippen LogP contribution in [0, 0.1) is 11.6 Å². The molecule has 0 radical (unpaired) electrons. The van der Waals surface area contributed by atoms with Crippen molar-refractivity contribution in [3.05, 3.63) is 35.4 Å². The lowest BCUT2D eigenvalue weighted by molar-refractivity contribution is -0.144. The predicted octanol–water partition coefficient (Wildman–Crippen LogP) is 0.938. The molecule has 2 rings (SSSR count). The number of hydrogen-bond acceptors (Lipinski definition) is 3. The molecular weight excluding hydrogens is 260 g/mol. The molecule has 19 heavy (non-hydrogen) atoms. The maximum atomic E-state index is 13.4. The molecule has 1 aliphatic heterocycles. The van der Waals surface area contributed by atoms with Gasteiger partial charge in [-0.15, -0.1) is 0 Å². The van der Waals surface area contributed by atoms with Crippen LogP contribution >= 0.6 is 0 Å². The smallest absolute Gasteiger partial charge is 0.331 e. The van der Waals surface area contributed by atoms with Crippen molar-refractivity contribution >= 4 is 11.9 Å². The third-order valence-corrected chi connectivity index (χ3v) is 2.98. The number of carbonyl (C=O) groups excluding carboxylic acids is 1. The number of benzene rings is 1. The van der Waals surface area contributed by atoms with E-state index in [1.54, 1.807) is 0 Å². The largest absolute Gasteiger partial charge is 0.479 e. The van der Waals surface area contributed by atoms with E-state index in [0.717, 1.165) is 12.1 Å². The summed E-state index contributed by atoms with van der Waals surface area (Å²) in [7, 11) is 0. The number of ether oxygens (including phenoxy) is 1. The summed E-state index contributed by atoms with van der Waals surface area (Å²) in [5.74, 6) is -4.72. The molecule has 1 fully saturated rings. The number of aliphatic carboxylic acids is 1. The van der Waals surface area contributed by atoms with Crippen LogP contribution in [0.2, 0.25) is 0 Å². The van der Waals surface area contributed by atoms with E-state index in [2.05, 4.69) is 5.32 Å². The Morgan fingerprint density at radius 2 is 2.11 bits per heavy atom. The summed E-state index contributed by atoms with van der Waals surface area (Å²) in [6.45, 7) is -0.0246. The maximum absolute atomic E-state index is 13.4. The third-order valence-electron chi connectivity index (χ3n) is 2.98. The van der Waals surface area contributed by atoms with Gasteiger partial charge in [-0.1, -0.05) is 6.07 Å². The first-order chi connectivity index (χ1) is 8.96. The first-order valence-corrected chi connectivity index (χ1v) is 5.54. The van der Waals surface area contributed by atoms with Gasteiger partial charge in [-0.05, 0) is 12.1 Å². The molecule has 1 aromatic rings. The summed E-state index contributed by atoms with van der Waals surface area (Å²) in [5, 5.41) is 11.3. The maximum Gasteiger partial charge on any atom is 0.331 e. The molecule has 1 saturated heterocycles. The second-order valence-corrected chi connectivity index (χ2v) is 4.25. The van der Waals surface area contributed by atoms with Crippen molar-refractivity contribution in [2.45, 2.75) is 12.0 Å². The van der Waals surface area contributed by atoms with Crippen LogP contribution in [0.15, 0.2) is 18.2 Å². The van der Waals surface area contributed by atoms with Crippen LogP contribution in [0.5, 0.6) is 0 Å². The van der Waals surface area contributed by atoms with E-state index in [1.807, 2.05) is 0 Å². The average molecular weight is 271 g/mol. The molecule has 102 valence electrons. The van der Waals surface area contributed by atoms with Crippen molar-refractivity contribution in [2.75, 3.05) is 13.2 Å². The molecule has 1 aliphatic rings. The van der Waals surface area contributed by atoms with Crippen LogP contribution in [-0.2, 0) is 9.53 Å². The molecule has 0 saturated carbocycles. The van der Waals surface area contributed by atoms with Crippen molar-refractivity contribution in [2.24, 2.45) is 0 Å². The number of amides is 1. The highest BCUT2D eigenvalue weighted by Crippen LogP contribution is 2.20. The number of hydrogen-bond donors (Lipinski definition) is 2. The molecule has 7 heteroatoms. The van der Waals surface area contributed by atoms with E-state index < -0.39 is 34.6 Å². The minimum Gasteiger partial charge on any atom is -0.479 e. The molecule has 2 N–H and O–H groups in total. The molecule has 0 aromatic heterocycles. The summed E-state index contributed by atoms with van der Waals surface area (Å²) in [4.78, 5) is 23.0. The van der Waals surface area contributed by atoms with Crippen molar-refractivity contribution in [1.82, 2.24) is 5.32 Å². The zero-order valence-corrected chi connectivity index (χ0v) is 9.78. The average Bonchev–Trinajstić information content (AvgIpc) is 2.82. The predicted molar refractivity (Wildman–Crippen MR) is 59.6 cm³/mol. The number of carboxylic acid groups (broad SMARTS) is 1. The van der Waals surface area contributed by atoms with Gasteiger partial charge < -0.3 is 15.2 Å². The fourth-order valence-electron chi connectivity index (χ4n) is 1.85. The number of rotatable bonds is 3. The van der Waals surface area contributed by atoms with Gasteiger partial charge in [0.25, 0.3) is 5.91 Å². The van der Waals surface area contributed by atoms with Crippen molar-refractivity contribution in [3.8, 4) is 0 Å². The summed E-state index contributed by atoms with van der Waals surface area (Å²) in [6, 6.07) is 3.13. The fourth-order valence-corrected chi connectivity index (χ4v) is 1.85. The van der Waals surface area contributed by atoms with Gasteiger partial charge in [-0.25, -0.2) is 13.6 Å². The Bertz CT molecular complexity index is 526. The Morgan fingerprint density at radius 1 is 1.37 bits per heavy atom. The molecule has 1 amide bonds. The highest BCUT2D eigenvalue weighted by molar-refractivity contribution is 5.98. The minimum atomic E-state index is -1.59. The third kappa shape index (κ3) is 2.41. The van der Waals surface area contributed by atoms with Crippen molar-refractivity contribution < 1.29 is 28.2 Å². The highest BCUT2D eigenvalue weighted by Gasteiger charge is 2.44. The molecule has 0 bridgehead atoms. The Kier molecular flexibility index (Phi) is 3.48. The molecule has 1 unspecified atom stereocenters. The molecule has 5 nitrogen and oxygen atoms in total. The van der Waals surface area contributed by atoms with Gasteiger partial charge in [0.05, 0.1) is 12.2 Å². The number of halogens is 2. The van der Waals surface area contributed by atoms with Crippen molar-refractivity contribution in [3.63, 3.8) is 0 Å². The Labute approximate surface area is 107 Å². The van der Waals surface area contributed by atoms with Crippen LogP contribution in [0.3, 0.4) is 0 Å². The Morgan fingerprint density at radius 3 is 2.68 bits per heavy atom. The second kappa shape index (κ2) is 4.93. The monoisotopic (exact) mass is 271 g/mol. The lowest BCUT2D eigenvalue weighted by atomic mass is 9.98. The van der Waals surface area contributed by atoms with Gasteiger partial charge in [-0.3, -0.25) is 4.79 Å². The lowest BCUT2D eigenvalue weighted by Crippen LogP contribution is -2.55. The number of carbonyl (C=O) groups is 2. The second-order valence-electron chi connectivity index (χ2n) is 4.25. The fraction of sp³-hybridized carbons (Fsp3) is 0.333. The van der Waals surface area contributed by atoms with Gasteiger partial charge in [0, 0.05) is 13.0 Å². The summed E-state index contributed by atoms with van der Waals surface area (Å²) < 4.78 is 31.4. The van der Waals surface area contributed by atoms with Crippen LogP contribution in [-0.4, -0.2) is 35.7 Å². The van der Waals surface area contributed by atoms with Gasteiger partial charge >= 0.3 is 5.97 Å². The van der Waals surface area contributed by atoms with Gasteiger partial charge in [0.1, 0.15) is 0 Å². The standard InChI is InChI=1S/C12H11F2NO4/c13-8-3-1-2-7(9(8)14)10(16)15-12(11(17)18)4-5-19-6-12/h1-3H,4-6H2,(H,15,16)(H,17,18). The minimum absolute atomic E-state index is 0.0744. The topological polar surface area (TPSA) is 75.6 Å². The Balaban J connectivity index is 2.25. The van der Waals surface area contributed by atoms with Crippen LogP contribution < -0.4 is 5.32 Å². The number of nitrogens with one attached hydrogen (secondary N) is 1. The normalized spacial score (nSPS) is 22.2. The van der Waals surface area contributed by atoms with Crippen molar-refractivity contribution in [1.29, 1.82) is 0 Å². The molecular formula is C12H11F2NO4. The van der Waals surface area contributed by atoms with Gasteiger partial charge in [0.15, 0.2) is 17.2 Å². The first-order valence-electron chi connectivity index (χ1n) is 5.54. The zero-order valence-electron chi connectivity index (χ0n) is 9.78. The van der Waals surface area contributed by atoms with E-state index >= 15 is 0 Å². The van der Waals surface area contributed by atoms with Gasteiger partial charge in [0.2, 0.25) is 0 Å². The van der Waals surface area contributed by atoms with E-state index in [1.165, 1.54) is 6.07 Å². The molecule has 1 heterocycles. The van der Waals surface area contributed by atoms with E-state index in [0.29, 0.717) is 0 Å². The van der Waals surface area contributed by atoms with Gasteiger partial charge in [-0.2, -0.15) is 0 Å². The molecule has 1 atom stereocenters. The quantitative estimate of drug-likeness (QED) is 0.857. The summed E-state index contributed by atoms with van der Waals surface area (Å²) in [6.07, 6.45) is 0.0744. The van der Waals surface area contributed by atoms with E-state index in [-0.39, 0.29) is 19.6 Å². The molecule has 0 spiro atoms. The van der Waals surface area contributed by atoms with Crippen LogP contribution in [0.25, 0.3) is 0 Å².